The lowest BCUT2D eigenvalue weighted by molar-refractivity contribution is -0.138. The molecule has 0 bridgehead atoms. The molecule has 2 N–H and O–H groups in total. The SMILES string of the molecule is CCN1C(=S)NC(c2ccc(NC(=O)c3cccc(C(F)(F)F)c3)cc2)C(C(=O)OC)=C1C. The number of rotatable bonds is 5. The second-order valence-corrected chi connectivity index (χ2v) is 7.66. The van der Waals surface area contributed by atoms with Gasteiger partial charge in [0.15, 0.2) is 5.11 Å². The molecule has 10 heteroatoms. The van der Waals surface area contributed by atoms with Gasteiger partial charge in [-0.05, 0) is 62.0 Å². The molecule has 0 saturated heterocycles. The maximum absolute atomic E-state index is 12.9. The Morgan fingerprint density at radius 3 is 2.42 bits per heavy atom. The van der Waals surface area contributed by atoms with E-state index in [1.54, 1.807) is 36.1 Å². The van der Waals surface area contributed by atoms with Crippen molar-refractivity contribution in [3.05, 3.63) is 76.5 Å². The predicted octanol–water partition coefficient (Wildman–Crippen LogP) is 4.66. The van der Waals surface area contributed by atoms with Crippen LogP contribution < -0.4 is 10.6 Å². The number of halogens is 3. The van der Waals surface area contributed by atoms with E-state index in [1.807, 2.05) is 6.92 Å². The van der Waals surface area contributed by atoms with Gasteiger partial charge in [-0.15, -0.1) is 0 Å². The Morgan fingerprint density at radius 2 is 1.85 bits per heavy atom. The van der Waals surface area contributed by atoms with Crippen LogP contribution in [0.4, 0.5) is 18.9 Å². The summed E-state index contributed by atoms with van der Waals surface area (Å²) in [5.41, 5.74) is 1.16. The first-order valence-electron chi connectivity index (χ1n) is 10.0. The van der Waals surface area contributed by atoms with Crippen molar-refractivity contribution in [2.75, 3.05) is 19.0 Å². The second kappa shape index (κ2) is 9.62. The molecule has 0 fully saturated rings. The first kappa shape index (κ1) is 24.2. The van der Waals surface area contributed by atoms with E-state index in [0.29, 0.717) is 34.2 Å². The summed E-state index contributed by atoms with van der Waals surface area (Å²) in [5.74, 6) is -1.16. The standard InChI is InChI=1S/C23H22F3N3O3S/c1-4-29-13(2)18(21(31)32-3)19(28-22(29)33)14-8-10-17(11-9-14)27-20(30)15-6-5-7-16(12-15)23(24,25)26/h5-12,19H,4H2,1-3H3,(H,27,30)(H,28,33). The highest BCUT2D eigenvalue weighted by atomic mass is 32.1. The Morgan fingerprint density at radius 1 is 1.18 bits per heavy atom. The molecule has 2 aromatic rings. The molecule has 1 heterocycles. The van der Waals surface area contributed by atoms with Crippen molar-refractivity contribution in [1.29, 1.82) is 0 Å². The predicted molar refractivity (Wildman–Crippen MR) is 121 cm³/mol. The van der Waals surface area contributed by atoms with Gasteiger partial charge in [0.1, 0.15) is 0 Å². The van der Waals surface area contributed by atoms with Gasteiger partial charge in [-0.25, -0.2) is 4.79 Å². The maximum atomic E-state index is 12.9. The summed E-state index contributed by atoms with van der Waals surface area (Å²) >= 11 is 5.42. The molecule has 1 aliphatic heterocycles. The third kappa shape index (κ3) is 5.16. The zero-order valence-electron chi connectivity index (χ0n) is 18.1. The van der Waals surface area contributed by atoms with Crippen molar-refractivity contribution in [2.45, 2.75) is 26.1 Å². The van der Waals surface area contributed by atoms with Crippen molar-refractivity contribution in [2.24, 2.45) is 0 Å². The van der Waals surface area contributed by atoms with Crippen molar-refractivity contribution in [3.8, 4) is 0 Å². The van der Waals surface area contributed by atoms with E-state index >= 15 is 0 Å². The maximum Gasteiger partial charge on any atom is 0.416 e. The topological polar surface area (TPSA) is 70.7 Å². The number of amides is 1. The van der Waals surface area contributed by atoms with Crippen LogP contribution in [0.2, 0.25) is 0 Å². The van der Waals surface area contributed by atoms with Gasteiger partial charge in [0.2, 0.25) is 0 Å². The minimum atomic E-state index is -4.54. The highest BCUT2D eigenvalue weighted by Crippen LogP contribution is 2.32. The van der Waals surface area contributed by atoms with Crippen molar-refractivity contribution < 1.29 is 27.5 Å². The Bertz CT molecular complexity index is 1110. The fraction of sp³-hybridized carbons (Fsp3) is 0.261. The first-order chi connectivity index (χ1) is 15.6. The highest BCUT2D eigenvalue weighted by Gasteiger charge is 2.34. The number of alkyl halides is 3. The van der Waals surface area contributed by atoms with E-state index in [0.717, 1.165) is 12.1 Å². The second-order valence-electron chi connectivity index (χ2n) is 7.27. The van der Waals surface area contributed by atoms with Crippen LogP contribution in [-0.4, -0.2) is 35.5 Å². The third-order valence-corrected chi connectivity index (χ3v) is 5.61. The molecule has 174 valence electrons. The average molecular weight is 478 g/mol. The lowest BCUT2D eigenvalue weighted by atomic mass is 9.95. The molecule has 0 aliphatic carbocycles. The fourth-order valence-corrected chi connectivity index (χ4v) is 3.97. The van der Waals surface area contributed by atoms with Gasteiger partial charge in [0.25, 0.3) is 5.91 Å². The molecule has 1 unspecified atom stereocenters. The third-order valence-electron chi connectivity index (χ3n) is 5.27. The minimum Gasteiger partial charge on any atom is -0.466 e. The number of benzene rings is 2. The summed E-state index contributed by atoms with van der Waals surface area (Å²) in [4.78, 5) is 26.7. The van der Waals surface area contributed by atoms with E-state index in [-0.39, 0.29) is 5.56 Å². The summed E-state index contributed by atoms with van der Waals surface area (Å²) in [6, 6.07) is 10.2. The number of ether oxygens (including phenoxy) is 1. The summed E-state index contributed by atoms with van der Waals surface area (Å²) in [7, 11) is 1.30. The number of methoxy groups -OCH3 is 1. The zero-order chi connectivity index (χ0) is 24.3. The number of esters is 1. The molecular formula is C23H22F3N3O3S. The van der Waals surface area contributed by atoms with Crippen LogP contribution in [0.3, 0.4) is 0 Å². The van der Waals surface area contributed by atoms with E-state index < -0.39 is 29.7 Å². The zero-order valence-corrected chi connectivity index (χ0v) is 18.9. The van der Waals surface area contributed by atoms with Gasteiger partial charge in [0.05, 0.1) is 24.3 Å². The summed E-state index contributed by atoms with van der Waals surface area (Å²) in [6.45, 7) is 4.28. The number of carbonyl (C=O) groups is 2. The smallest absolute Gasteiger partial charge is 0.416 e. The molecule has 2 aromatic carbocycles. The van der Waals surface area contributed by atoms with Crippen LogP contribution in [-0.2, 0) is 15.7 Å². The monoisotopic (exact) mass is 477 g/mol. The molecule has 0 aromatic heterocycles. The number of nitrogens with one attached hydrogen (secondary N) is 2. The molecule has 6 nitrogen and oxygen atoms in total. The Kier molecular flexibility index (Phi) is 7.06. The van der Waals surface area contributed by atoms with Crippen LogP contribution in [0.1, 0.15) is 41.4 Å². The number of allylic oxidation sites excluding steroid dienone is 1. The number of anilines is 1. The highest BCUT2D eigenvalue weighted by molar-refractivity contribution is 7.80. The van der Waals surface area contributed by atoms with Gasteiger partial charge in [-0.1, -0.05) is 18.2 Å². The largest absolute Gasteiger partial charge is 0.466 e. The first-order valence-corrected chi connectivity index (χ1v) is 10.4. The van der Waals surface area contributed by atoms with Crippen LogP contribution in [0.5, 0.6) is 0 Å². The minimum absolute atomic E-state index is 0.112. The van der Waals surface area contributed by atoms with Crippen LogP contribution in [0, 0.1) is 0 Å². The van der Waals surface area contributed by atoms with Gasteiger partial charge in [-0.2, -0.15) is 13.2 Å². The molecule has 1 atom stereocenters. The molecule has 0 spiro atoms. The van der Waals surface area contributed by atoms with Crippen LogP contribution in [0.15, 0.2) is 59.8 Å². The van der Waals surface area contributed by atoms with E-state index in [2.05, 4.69) is 10.6 Å². The number of hydrogen-bond acceptors (Lipinski definition) is 4. The van der Waals surface area contributed by atoms with Gasteiger partial charge < -0.3 is 20.3 Å². The Labute approximate surface area is 194 Å². The van der Waals surface area contributed by atoms with Crippen LogP contribution >= 0.6 is 12.2 Å². The number of carbonyl (C=O) groups excluding carboxylic acids is 2. The molecule has 3 rings (SSSR count). The van der Waals surface area contributed by atoms with Gasteiger partial charge >= 0.3 is 12.1 Å². The summed E-state index contributed by atoms with van der Waals surface area (Å²) < 4.78 is 43.7. The van der Waals surface area contributed by atoms with Crippen molar-refractivity contribution in [1.82, 2.24) is 10.2 Å². The van der Waals surface area contributed by atoms with Crippen LogP contribution in [0.25, 0.3) is 0 Å². The molecule has 0 radical (unpaired) electrons. The summed E-state index contributed by atoms with van der Waals surface area (Å²) in [6.07, 6.45) is -4.54. The fourth-order valence-electron chi connectivity index (χ4n) is 3.59. The van der Waals surface area contributed by atoms with E-state index in [9.17, 15) is 22.8 Å². The average Bonchev–Trinajstić information content (AvgIpc) is 2.78. The molecule has 1 aliphatic rings. The number of hydrogen-bond donors (Lipinski definition) is 2. The van der Waals surface area contributed by atoms with Gasteiger partial charge in [-0.3, -0.25) is 4.79 Å². The molecule has 1 amide bonds. The van der Waals surface area contributed by atoms with E-state index in [4.69, 9.17) is 17.0 Å². The lowest BCUT2D eigenvalue weighted by Gasteiger charge is -2.36. The number of nitrogens with zero attached hydrogens (tertiary/aromatic N) is 1. The Balaban J connectivity index is 1.84. The molecule has 33 heavy (non-hydrogen) atoms. The molecular weight excluding hydrogens is 455 g/mol. The van der Waals surface area contributed by atoms with Crippen molar-refractivity contribution in [3.63, 3.8) is 0 Å². The normalized spacial score (nSPS) is 16.4. The van der Waals surface area contributed by atoms with Gasteiger partial charge in [0, 0.05) is 23.5 Å². The van der Waals surface area contributed by atoms with Crippen molar-refractivity contribution >= 4 is 34.9 Å². The Hall–Kier alpha value is -3.40. The molecule has 0 saturated carbocycles. The quantitative estimate of drug-likeness (QED) is 0.483. The number of thiocarbonyl (C=S) groups is 1. The van der Waals surface area contributed by atoms with E-state index in [1.165, 1.54) is 19.2 Å². The summed E-state index contributed by atoms with van der Waals surface area (Å²) in [5, 5.41) is 6.19. The lowest BCUT2D eigenvalue weighted by Crippen LogP contribution is -2.47.